The van der Waals surface area contributed by atoms with Gasteiger partial charge in [0.15, 0.2) is 0 Å². The van der Waals surface area contributed by atoms with Gasteiger partial charge in [0.1, 0.15) is 0 Å². The van der Waals surface area contributed by atoms with Crippen molar-refractivity contribution in [1.29, 1.82) is 0 Å². The summed E-state index contributed by atoms with van der Waals surface area (Å²) in [6.45, 7) is 20.0. The predicted octanol–water partition coefficient (Wildman–Crippen LogP) is 11.2. The van der Waals surface area contributed by atoms with E-state index >= 15 is 0 Å². The Morgan fingerprint density at radius 3 is 1.45 bits per heavy atom. The average Bonchev–Trinajstić information content (AvgIpc) is 2.95. The van der Waals surface area contributed by atoms with Crippen molar-refractivity contribution in [2.75, 3.05) is 0 Å². The molecule has 42 heavy (non-hydrogen) atoms. The first-order valence-electron chi connectivity index (χ1n) is 14.9. The van der Waals surface area contributed by atoms with Crippen molar-refractivity contribution in [2.45, 2.75) is 78.6 Å². The Hall–Kier alpha value is -4.04. The monoisotopic (exact) mass is 554 g/mol. The van der Waals surface area contributed by atoms with Crippen LogP contribution in [0.15, 0.2) is 116 Å². The normalized spacial score (nSPS) is 11.9. The zero-order chi connectivity index (χ0) is 30.5. The number of fused-ring (bicyclic) bond motifs is 3. The molecule has 2 heterocycles. The second-order valence-electron chi connectivity index (χ2n) is 14.1. The maximum Gasteiger partial charge on any atom is 0.0702 e. The van der Waals surface area contributed by atoms with Crippen LogP contribution in [-0.2, 0) is 16.2 Å². The predicted molar refractivity (Wildman–Crippen MR) is 184 cm³/mol. The van der Waals surface area contributed by atoms with Crippen LogP contribution in [-0.4, -0.2) is 9.97 Å². The van der Waals surface area contributed by atoms with E-state index in [2.05, 4.69) is 157 Å². The van der Waals surface area contributed by atoms with Crippen LogP contribution in [0, 0.1) is 0 Å². The Labute approximate surface area is 252 Å². The zero-order valence-corrected chi connectivity index (χ0v) is 26.9. The van der Waals surface area contributed by atoms with Crippen molar-refractivity contribution < 1.29 is 0 Å². The molecule has 6 aromatic rings. The molecule has 0 atom stereocenters. The van der Waals surface area contributed by atoms with Crippen molar-refractivity contribution in [2.24, 2.45) is 0 Å². The number of pyridine rings is 2. The van der Waals surface area contributed by atoms with Crippen molar-refractivity contribution >= 4 is 32.6 Å². The highest BCUT2D eigenvalue weighted by molar-refractivity contribution is 5.83. The molecular weight excluding hydrogens is 508 g/mol. The van der Waals surface area contributed by atoms with E-state index in [1.807, 2.05) is 30.6 Å². The van der Waals surface area contributed by atoms with Gasteiger partial charge in [0, 0.05) is 23.2 Å². The molecule has 2 nitrogen and oxygen atoms in total. The summed E-state index contributed by atoms with van der Waals surface area (Å²) in [7, 11) is 0. The van der Waals surface area contributed by atoms with E-state index < -0.39 is 0 Å². The lowest BCUT2D eigenvalue weighted by Crippen LogP contribution is -2.11. The van der Waals surface area contributed by atoms with Crippen LogP contribution < -0.4 is 0 Å². The first kappa shape index (κ1) is 30.9. The Morgan fingerprint density at radius 1 is 0.381 bits per heavy atom. The van der Waals surface area contributed by atoms with E-state index in [-0.39, 0.29) is 16.2 Å². The number of hydrogen-bond acceptors (Lipinski definition) is 2. The second kappa shape index (κ2) is 12.4. The molecule has 0 aliphatic rings. The Bertz CT molecular complexity index is 1560. The van der Waals surface area contributed by atoms with Gasteiger partial charge in [-0.25, -0.2) is 0 Å². The molecule has 4 aromatic carbocycles. The van der Waals surface area contributed by atoms with Crippen molar-refractivity contribution in [3.05, 3.63) is 132 Å². The van der Waals surface area contributed by atoms with Gasteiger partial charge in [-0.15, -0.1) is 0 Å². The molecule has 216 valence electrons. The van der Waals surface area contributed by atoms with Crippen LogP contribution in [0.1, 0.15) is 79.0 Å². The summed E-state index contributed by atoms with van der Waals surface area (Å²) in [5.74, 6) is 0. The average molecular weight is 555 g/mol. The molecule has 6 rings (SSSR count). The fourth-order valence-corrected chi connectivity index (χ4v) is 4.68. The molecule has 0 radical (unpaired) electrons. The number of benzene rings is 4. The maximum atomic E-state index is 4.45. The van der Waals surface area contributed by atoms with Crippen LogP contribution in [0.3, 0.4) is 0 Å². The second-order valence-corrected chi connectivity index (χ2v) is 14.1. The van der Waals surface area contributed by atoms with Crippen LogP contribution in [0.5, 0.6) is 0 Å². The van der Waals surface area contributed by atoms with Gasteiger partial charge in [0.05, 0.1) is 11.0 Å². The van der Waals surface area contributed by atoms with Gasteiger partial charge in [-0.2, -0.15) is 0 Å². The Morgan fingerprint density at radius 2 is 0.833 bits per heavy atom. The molecule has 0 bridgehead atoms. The standard InChI is InChI=1S/C14H16.2C13H15N/c1-14(2,3)13-9-8-11-6-4-5-7-12(11)10-13;1-13(2,3)11-6-7-12-10(9-11)5-4-8-14-12;1-13(2,3)11-8-10-6-4-5-7-12(10)14-9-11/h4-10H,1-3H3;2*4-9H,1-3H3. The van der Waals surface area contributed by atoms with E-state index in [0.29, 0.717) is 0 Å². The summed E-state index contributed by atoms with van der Waals surface area (Å²) < 4.78 is 0. The minimum atomic E-state index is 0.178. The first-order chi connectivity index (χ1) is 19.7. The maximum absolute atomic E-state index is 4.45. The lowest BCUT2D eigenvalue weighted by molar-refractivity contribution is 0.588. The molecule has 0 aliphatic carbocycles. The lowest BCUT2D eigenvalue weighted by atomic mass is 9.86. The number of nitrogens with zero attached hydrogens (tertiary/aromatic N) is 2. The number of aromatic nitrogens is 2. The number of para-hydroxylation sites is 1. The number of hydrogen-bond donors (Lipinski definition) is 0. The Kier molecular flexibility index (Phi) is 9.16. The molecule has 0 N–H and O–H groups in total. The van der Waals surface area contributed by atoms with Gasteiger partial charge in [-0.1, -0.05) is 135 Å². The summed E-state index contributed by atoms with van der Waals surface area (Å²) in [6, 6.07) is 36.2. The summed E-state index contributed by atoms with van der Waals surface area (Å²) in [4.78, 5) is 8.75. The minimum absolute atomic E-state index is 0.178. The highest BCUT2D eigenvalue weighted by Gasteiger charge is 2.15. The molecule has 0 saturated carbocycles. The molecule has 0 unspecified atom stereocenters. The third-order valence-electron chi connectivity index (χ3n) is 7.54. The molecule has 2 aromatic heterocycles. The zero-order valence-electron chi connectivity index (χ0n) is 26.9. The quantitative estimate of drug-likeness (QED) is 0.187. The molecular formula is C40H46N2. The SMILES string of the molecule is CC(C)(C)c1ccc2ccccc2c1.CC(C)(C)c1ccc2ncccc2c1.CC(C)(C)c1cnc2ccccc2c1. The van der Waals surface area contributed by atoms with Crippen molar-refractivity contribution in [3.63, 3.8) is 0 Å². The van der Waals surface area contributed by atoms with E-state index in [9.17, 15) is 0 Å². The molecule has 0 fully saturated rings. The van der Waals surface area contributed by atoms with E-state index in [1.165, 1.54) is 38.2 Å². The molecule has 0 spiro atoms. The molecule has 0 aliphatic heterocycles. The van der Waals surface area contributed by atoms with Gasteiger partial charge in [-0.05, 0) is 74.0 Å². The third-order valence-corrected chi connectivity index (χ3v) is 7.54. The van der Waals surface area contributed by atoms with Gasteiger partial charge >= 0.3 is 0 Å². The topological polar surface area (TPSA) is 25.8 Å². The van der Waals surface area contributed by atoms with Crippen molar-refractivity contribution in [1.82, 2.24) is 9.97 Å². The molecule has 0 saturated heterocycles. The fourth-order valence-electron chi connectivity index (χ4n) is 4.68. The highest BCUT2D eigenvalue weighted by atomic mass is 14.7. The summed E-state index contributed by atoms with van der Waals surface area (Å²) in [6.07, 6.45) is 3.81. The van der Waals surface area contributed by atoms with Crippen LogP contribution >= 0.6 is 0 Å². The van der Waals surface area contributed by atoms with Gasteiger partial charge in [0.25, 0.3) is 0 Å². The first-order valence-corrected chi connectivity index (χ1v) is 14.9. The smallest absolute Gasteiger partial charge is 0.0702 e. The lowest BCUT2D eigenvalue weighted by Gasteiger charge is -2.19. The van der Waals surface area contributed by atoms with Gasteiger partial charge in [-0.3, -0.25) is 9.97 Å². The Balaban J connectivity index is 0.000000145. The summed E-state index contributed by atoms with van der Waals surface area (Å²) in [5.41, 5.74) is 6.82. The molecule has 0 amide bonds. The van der Waals surface area contributed by atoms with Gasteiger partial charge in [0.2, 0.25) is 0 Å². The van der Waals surface area contributed by atoms with Crippen LogP contribution in [0.4, 0.5) is 0 Å². The van der Waals surface area contributed by atoms with E-state index in [0.717, 1.165) is 11.0 Å². The van der Waals surface area contributed by atoms with Crippen LogP contribution in [0.2, 0.25) is 0 Å². The summed E-state index contributed by atoms with van der Waals surface area (Å²) in [5, 5.41) is 5.10. The highest BCUT2D eigenvalue weighted by Crippen LogP contribution is 2.27. The number of rotatable bonds is 0. The van der Waals surface area contributed by atoms with Crippen LogP contribution in [0.25, 0.3) is 32.6 Å². The van der Waals surface area contributed by atoms with E-state index in [1.54, 1.807) is 0 Å². The summed E-state index contributed by atoms with van der Waals surface area (Å²) >= 11 is 0. The largest absolute Gasteiger partial charge is 0.256 e. The fraction of sp³-hybridized carbons (Fsp3) is 0.300. The minimum Gasteiger partial charge on any atom is -0.256 e. The van der Waals surface area contributed by atoms with E-state index in [4.69, 9.17) is 0 Å². The van der Waals surface area contributed by atoms with Gasteiger partial charge < -0.3 is 0 Å². The van der Waals surface area contributed by atoms with Crippen molar-refractivity contribution in [3.8, 4) is 0 Å². The third kappa shape index (κ3) is 8.03. The molecule has 2 heteroatoms.